The van der Waals surface area contributed by atoms with Gasteiger partial charge < -0.3 is 15.0 Å². The van der Waals surface area contributed by atoms with Gasteiger partial charge in [-0.1, -0.05) is 6.42 Å². The van der Waals surface area contributed by atoms with Crippen LogP contribution in [0.4, 0.5) is 4.79 Å². The smallest absolute Gasteiger partial charge is 0.410 e. The summed E-state index contributed by atoms with van der Waals surface area (Å²) in [4.78, 5) is 14.1. The number of nitrogens with one attached hydrogen (secondary N) is 1. The molecular weight excluding hydrogens is 252 g/mol. The van der Waals surface area contributed by atoms with E-state index in [4.69, 9.17) is 4.74 Å². The Morgan fingerprint density at radius 3 is 2.55 bits per heavy atom. The van der Waals surface area contributed by atoms with Crippen molar-refractivity contribution in [3.63, 3.8) is 0 Å². The minimum atomic E-state index is -0.409. The lowest BCUT2D eigenvalue weighted by Crippen LogP contribution is -2.47. The number of hydrogen-bond donors (Lipinski definition) is 1. The van der Waals surface area contributed by atoms with Gasteiger partial charge in [-0.3, -0.25) is 0 Å². The maximum Gasteiger partial charge on any atom is 0.410 e. The van der Waals surface area contributed by atoms with Crippen LogP contribution in [-0.2, 0) is 4.74 Å². The van der Waals surface area contributed by atoms with E-state index in [-0.39, 0.29) is 6.09 Å². The van der Waals surface area contributed by atoms with Crippen molar-refractivity contribution in [3.8, 4) is 0 Å². The monoisotopic (exact) mass is 282 g/mol. The lowest BCUT2D eigenvalue weighted by atomic mass is 10.1. The van der Waals surface area contributed by atoms with Crippen molar-refractivity contribution in [2.24, 2.45) is 5.92 Å². The molecule has 0 radical (unpaired) electrons. The van der Waals surface area contributed by atoms with Gasteiger partial charge in [-0.05, 0) is 59.3 Å². The second-order valence-corrected chi connectivity index (χ2v) is 7.41. The lowest BCUT2D eigenvalue weighted by Gasteiger charge is -2.29. The van der Waals surface area contributed by atoms with Crippen LogP contribution in [0.5, 0.6) is 0 Å². The van der Waals surface area contributed by atoms with E-state index < -0.39 is 5.60 Å². The average Bonchev–Trinajstić information content (AvgIpc) is 3.14. The fraction of sp³-hybridized carbons (Fsp3) is 0.938. The van der Waals surface area contributed by atoms with Crippen LogP contribution in [0.15, 0.2) is 0 Å². The Kier molecular flexibility index (Phi) is 4.95. The highest BCUT2D eigenvalue weighted by Crippen LogP contribution is 2.32. The van der Waals surface area contributed by atoms with E-state index in [0.29, 0.717) is 12.1 Å². The van der Waals surface area contributed by atoms with Gasteiger partial charge in [0.05, 0.1) is 0 Å². The molecule has 2 fully saturated rings. The summed E-state index contributed by atoms with van der Waals surface area (Å²) in [6.45, 7) is 9.66. The van der Waals surface area contributed by atoms with Gasteiger partial charge in [0.25, 0.3) is 0 Å². The first-order valence-electron chi connectivity index (χ1n) is 8.09. The van der Waals surface area contributed by atoms with E-state index in [1.807, 2.05) is 25.7 Å². The summed E-state index contributed by atoms with van der Waals surface area (Å²) in [6, 6.07) is 0.999. The Morgan fingerprint density at radius 1 is 1.25 bits per heavy atom. The number of nitrogens with zero attached hydrogens (tertiary/aromatic N) is 1. The largest absolute Gasteiger partial charge is 0.444 e. The Morgan fingerprint density at radius 2 is 1.95 bits per heavy atom. The van der Waals surface area contributed by atoms with Gasteiger partial charge >= 0.3 is 6.09 Å². The van der Waals surface area contributed by atoms with Gasteiger partial charge in [0.15, 0.2) is 0 Å². The number of rotatable bonds is 3. The summed E-state index contributed by atoms with van der Waals surface area (Å²) in [5.74, 6) is 0.855. The van der Waals surface area contributed by atoms with Crippen LogP contribution in [0.1, 0.15) is 59.8 Å². The van der Waals surface area contributed by atoms with Crippen LogP contribution in [0.2, 0.25) is 0 Å². The quantitative estimate of drug-likeness (QED) is 0.864. The Bertz CT molecular complexity index is 334. The van der Waals surface area contributed by atoms with E-state index in [1.165, 1.54) is 19.3 Å². The van der Waals surface area contributed by atoms with Crippen molar-refractivity contribution in [2.45, 2.75) is 77.5 Å². The molecule has 0 aromatic heterocycles. The molecule has 116 valence electrons. The predicted octanol–water partition coefficient (Wildman–Crippen LogP) is 3.16. The van der Waals surface area contributed by atoms with Crippen LogP contribution >= 0.6 is 0 Å². The highest BCUT2D eigenvalue weighted by atomic mass is 16.6. The van der Waals surface area contributed by atoms with E-state index in [1.54, 1.807) is 0 Å². The summed E-state index contributed by atoms with van der Waals surface area (Å²) in [5, 5.41) is 3.72. The zero-order valence-electron chi connectivity index (χ0n) is 13.4. The van der Waals surface area contributed by atoms with Gasteiger partial charge in [-0.15, -0.1) is 0 Å². The molecule has 1 aliphatic carbocycles. The Balaban J connectivity index is 1.87. The zero-order valence-corrected chi connectivity index (χ0v) is 13.4. The maximum atomic E-state index is 12.2. The van der Waals surface area contributed by atoms with Crippen LogP contribution in [0, 0.1) is 5.92 Å². The fourth-order valence-corrected chi connectivity index (χ4v) is 2.87. The highest BCUT2D eigenvalue weighted by Gasteiger charge is 2.31. The Hall–Kier alpha value is -0.770. The first kappa shape index (κ1) is 15.6. The fourth-order valence-electron chi connectivity index (χ4n) is 2.87. The van der Waals surface area contributed by atoms with Crippen molar-refractivity contribution in [2.75, 3.05) is 13.1 Å². The summed E-state index contributed by atoms with van der Waals surface area (Å²) in [5.41, 5.74) is -0.409. The van der Waals surface area contributed by atoms with Crippen LogP contribution < -0.4 is 5.32 Å². The summed E-state index contributed by atoms with van der Waals surface area (Å²) in [6.07, 6.45) is 5.98. The molecule has 1 saturated heterocycles. The number of amides is 1. The summed E-state index contributed by atoms with van der Waals surface area (Å²) in [7, 11) is 0. The standard InChI is InChI=1S/C16H30N2O2/c1-12(13-8-9-13)17-14-7-5-6-10-18(11-14)15(19)20-16(2,3)4/h12-14,17H,5-11H2,1-4H3. The predicted molar refractivity (Wildman–Crippen MR) is 80.8 cm³/mol. The third-order valence-corrected chi connectivity index (χ3v) is 4.15. The van der Waals surface area contributed by atoms with E-state index in [0.717, 1.165) is 31.8 Å². The molecule has 4 heteroatoms. The number of carbonyl (C=O) groups is 1. The van der Waals surface area contributed by atoms with Crippen molar-refractivity contribution >= 4 is 6.09 Å². The van der Waals surface area contributed by atoms with Gasteiger partial charge in [0, 0.05) is 25.2 Å². The zero-order chi connectivity index (χ0) is 14.8. The molecule has 2 atom stereocenters. The molecular formula is C16H30N2O2. The van der Waals surface area contributed by atoms with E-state index >= 15 is 0 Å². The maximum absolute atomic E-state index is 12.2. The summed E-state index contributed by atoms with van der Waals surface area (Å²) < 4.78 is 5.51. The van der Waals surface area contributed by atoms with E-state index in [2.05, 4.69) is 12.2 Å². The first-order chi connectivity index (χ1) is 9.35. The number of likely N-dealkylation sites (tertiary alicyclic amines) is 1. The normalized spacial score (nSPS) is 26.0. The topological polar surface area (TPSA) is 41.6 Å². The van der Waals surface area contributed by atoms with Gasteiger partial charge in [0.2, 0.25) is 0 Å². The number of hydrogen-bond acceptors (Lipinski definition) is 3. The molecule has 0 bridgehead atoms. The van der Waals surface area contributed by atoms with Crippen molar-refractivity contribution in [1.82, 2.24) is 10.2 Å². The minimum absolute atomic E-state index is 0.162. The van der Waals surface area contributed by atoms with Gasteiger partial charge in [0.1, 0.15) is 5.60 Å². The van der Waals surface area contributed by atoms with Crippen molar-refractivity contribution < 1.29 is 9.53 Å². The van der Waals surface area contributed by atoms with Crippen LogP contribution in [0.25, 0.3) is 0 Å². The lowest BCUT2D eigenvalue weighted by molar-refractivity contribution is 0.0241. The molecule has 2 unspecified atom stereocenters. The molecule has 20 heavy (non-hydrogen) atoms. The molecule has 1 aliphatic heterocycles. The molecule has 1 N–H and O–H groups in total. The molecule has 2 aliphatic rings. The average molecular weight is 282 g/mol. The molecule has 0 aromatic rings. The third kappa shape index (κ3) is 4.97. The number of carbonyl (C=O) groups excluding carboxylic acids is 1. The van der Waals surface area contributed by atoms with Crippen molar-refractivity contribution in [3.05, 3.63) is 0 Å². The molecule has 1 saturated carbocycles. The van der Waals surface area contributed by atoms with Gasteiger partial charge in [-0.25, -0.2) is 4.79 Å². The SMILES string of the molecule is CC(NC1CCCCN(C(=O)OC(C)(C)C)C1)C1CC1. The third-order valence-electron chi connectivity index (χ3n) is 4.15. The number of ether oxygens (including phenoxy) is 1. The highest BCUT2D eigenvalue weighted by molar-refractivity contribution is 5.68. The molecule has 0 spiro atoms. The molecule has 4 nitrogen and oxygen atoms in total. The molecule has 1 amide bonds. The molecule has 0 aromatic carbocycles. The first-order valence-corrected chi connectivity index (χ1v) is 8.09. The minimum Gasteiger partial charge on any atom is -0.444 e. The van der Waals surface area contributed by atoms with Crippen LogP contribution in [0.3, 0.4) is 0 Å². The summed E-state index contributed by atoms with van der Waals surface area (Å²) >= 11 is 0. The second kappa shape index (κ2) is 6.33. The Labute approximate surface area is 123 Å². The van der Waals surface area contributed by atoms with Crippen molar-refractivity contribution in [1.29, 1.82) is 0 Å². The molecule has 1 heterocycles. The second-order valence-electron chi connectivity index (χ2n) is 7.41. The van der Waals surface area contributed by atoms with Crippen LogP contribution in [-0.4, -0.2) is 41.8 Å². The van der Waals surface area contributed by atoms with Gasteiger partial charge in [-0.2, -0.15) is 0 Å². The molecule has 2 rings (SSSR count). The van der Waals surface area contributed by atoms with E-state index in [9.17, 15) is 4.79 Å².